The molecular weight excluding hydrogens is 283 g/mol. The Hall–Kier alpha value is -2.36. The van der Waals surface area contributed by atoms with E-state index in [2.05, 4.69) is 0 Å². The Labute approximate surface area is 128 Å². The molecule has 2 aromatic rings. The predicted octanol–water partition coefficient (Wildman–Crippen LogP) is 3.78. The van der Waals surface area contributed by atoms with Crippen LogP contribution in [0.15, 0.2) is 36.4 Å². The first-order valence-electron chi connectivity index (χ1n) is 7.33. The molecule has 3 nitrogen and oxygen atoms in total. The molecule has 0 saturated carbocycles. The number of fused-ring (bicyclic) bond motifs is 1. The number of hydrogen-bond acceptors (Lipinski definition) is 3. The normalized spacial score (nSPS) is 13.7. The smallest absolute Gasteiger partial charge is 0.193 e. The number of carbonyl (C=O) groups excluding carboxylic acids is 1. The zero-order valence-electron chi connectivity index (χ0n) is 12.4. The van der Waals surface area contributed by atoms with E-state index in [0.29, 0.717) is 29.2 Å². The van der Waals surface area contributed by atoms with E-state index >= 15 is 0 Å². The average molecular weight is 300 g/mol. The van der Waals surface area contributed by atoms with Gasteiger partial charge in [-0.05, 0) is 61.2 Å². The molecular formula is C18H17FO3. The van der Waals surface area contributed by atoms with Crippen LogP contribution in [0, 0.1) is 5.82 Å². The summed E-state index contributed by atoms with van der Waals surface area (Å²) in [6.07, 6.45) is 2.57. The van der Waals surface area contributed by atoms with Gasteiger partial charge in [0.2, 0.25) is 0 Å². The molecule has 0 atom stereocenters. The van der Waals surface area contributed by atoms with Crippen molar-refractivity contribution >= 4 is 5.78 Å². The van der Waals surface area contributed by atoms with Crippen LogP contribution in [0.2, 0.25) is 0 Å². The minimum absolute atomic E-state index is 0.200. The molecule has 22 heavy (non-hydrogen) atoms. The molecule has 1 heterocycles. The van der Waals surface area contributed by atoms with Crippen LogP contribution in [0.5, 0.6) is 11.5 Å². The van der Waals surface area contributed by atoms with Crippen LogP contribution in [0.4, 0.5) is 4.39 Å². The average Bonchev–Trinajstić information content (AvgIpc) is 2.80. The lowest BCUT2D eigenvalue weighted by molar-refractivity contribution is 0.103. The predicted molar refractivity (Wildman–Crippen MR) is 81.3 cm³/mol. The summed E-state index contributed by atoms with van der Waals surface area (Å²) in [7, 11) is 1.57. The standard InChI is InChI=1S/C18H17FO3/c1-21-15-7-5-12(6-8-15)17(20)14-10-13-4-2-3-9-22-18(13)16(19)11-14/h5-8,10-11H,2-4,9H2,1H3. The second-order valence-electron chi connectivity index (χ2n) is 5.31. The first-order chi connectivity index (χ1) is 10.7. The minimum Gasteiger partial charge on any atom is -0.497 e. The van der Waals surface area contributed by atoms with Crippen LogP contribution in [-0.4, -0.2) is 19.5 Å². The Balaban J connectivity index is 1.95. The van der Waals surface area contributed by atoms with E-state index in [-0.39, 0.29) is 5.78 Å². The quantitative estimate of drug-likeness (QED) is 0.809. The van der Waals surface area contributed by atoms with Gasteiger partial charge in [-0.1, -0.05) is 0 Å². The molecule has 0 fully saturated rings. The van der Waals surface area contributed by atoms with Gasteiger partial charge >= 0.3 is 0 Å². The van der Waals surface area contributed by atoms with Crippen molar-refractivity contribution in [1.29, 1.82) is 0 Å². The molecule has 1 aliphatic heterocycles. The van der Waals surface area contributed by atoms with Crippen molar-refractivity contribution in [2.24, 2.45) is 0 Å². The fourth-order valence-electron chi connectivity index (χ4n) is 2.63. The molecule has 0 spiro atoms. The zero-order valence-corrected chi connectivity index (χ0v) is 12.4. The van der Waals surface area contributed by atoms with Crippen LogP contribution in [0.3, 0.4) is 0 Å². The van der Waals surface area contributed by atoms with Gasteiger partial charge in [-0.15, -0.1) is 0 Å². The highest BCUT2D eigenvalue weighted by Gasteiger charge is 2.19. The van der Waals surface area contributed by atoms with E-state index in [1.807, 2.05) is 0 Å². The van der Waals surface area contributed by atoms with Crippen molar-refractivity contribution in [2.45, 2.75) is 19.3 Å². The number of methoxy groups -OCH3 is 1. The van der Waals surface area contributed by atoms with E-state index in [9.17, 15) is 9.18 Å². The Morgan fingerprint density at radius 2 is 1.91 bits per heavy atom. The topological polar surface area (TPSA) is 35.5 Å². The third-order valence-electron chi connectivity index (χ3n) is 3.82. The summed E-state index contributed by atoms with van der Waals surface area (Å²) in [5.41, 5.74) is 1.64. The van der Waals surface area contributed by atoms with Gasteiger partial charge in [-0.25, -0.2) is 4.39 Å². The second kappa shape index (κ2) is 6.18. The fraction of sp³-hybridized carbons (Fsp3) is 0.278. The van der Waals surface area contributed by atoms with Crippen LogP contribution < -0.4 is 9.47 Å². The highest BCUT2D eigenvalue weighted by atomic mass is 19.1. The van der Waals surface area contributed by atoms with Crippen molar-refractivity contribution in [3.05, 3.63) is 58.9 Å². The lowest BCUT2D eigenvalue weighted by Gasteiger charge is -2.10. The molecule has 0 aliphatic carbocycles. The summed E-state index contributed by atoms with van der Waals surface area (Å²) >= 11 is 0. The minimum atomic E-state index is -0.462. The maximum atomic E-state index is 14.2. The van der Waals surface area contributed by atoms with Gasteiger partial charge in [0.1, 0.15) is 5.75 Å². The number of halogens is 1. The van der Waals surface area contributed by atoms with Crippen molar-refractivity contribution in [3.63, 3.8) is 0 Å². The number of aryl methyl sites for hydroxylation is 1. The van der Waals surface area contributed by atoms with Gasteiger partial charge in [-0.3, -0.25) is 4.79 Å². The van der Waals surface area contributed by atoms with Gasteiger partial charge < -0.3 is 9.47 Å². The summed E-state index contributed by atoms with van der Waals surface area (Å²) in [4.78, 5) is 12.5. The number of hydrogen-bond donors (Lipinski definition) is 0. The van der Waals surface area contributed by atoms with Gasteiger partial charge in [0, 0.05) is 11.1 Å². The van der Waals surface area contributed by atoms with Crippen LogP contribution in [-0.2, 0) is 6.42 Å². The molecule has 1 aliphatic rings. The molecule has 0 radical (unpaired) electrons. The lowest BCUT2D eigenvalue weighted by Crippen LogP contribution is -2.05. The summed E-state index contributed by atoms with van der Waals surface area (Å²) in [6, 6.07) is 9.81. The zero-order chi connectivity index (χ0) is 15.5. The number of ether oxygens (including phenoxy) is 2. The van der Waals surface area contributed by atoms with Crippen molar-refractivity contribution in [3.8, 4) is 11.5 Å². The maximum Gasteiger partial charge on any atom is 0.193 e. The third-order valence-corrected chi connectivity index (χ3v) is 3.82. The van der Waals surface area contributed by atoms with Crippen molar-refractivity contribution in [2.75, 3.05) is 13.7 Å². The number of benzene rings is 2. The summed E-state index contributed by atoms with van der Waals surface area (Å²) in [5.74, 6) is 0.312. The third kappa shape index (κ3) is 2.82. The van der Waals surface area contributed by atoms with E-state index in [1.54, 1.807) is 37.4 Å². The largest absolute Gasteiger partial charge is 0.497 e. The SMILES string of the molecule is COc1ccc(C(=O)c2cc(F)c3c(c2)CCCCO3)cc1. The van der Waals surface area contributed by atoms with Crippen LogP contribution in [0.25, 0.3) is 0 Å². The summed E-state index contributed by atoms with van der Waals surface area (Å²) in [6.45, 7) is 0.524. The highest BCUT2D eigenvalue weighted by molar-refractivity contribution is 6.09. The molecule has 0 unspecified atom stereocenters. The van der Waals surface area contributed by atoms with Gasteiger partial charge in [0.05, 0.1) is 13.7 Å². The van der Waals surface area contributed by atoms with E-state index in [1.165, 1.54) is 6.07 Å². The molecule has 114 valence electrons. The molecule has 0 amide bonds. The van der Waals surface area contributed by atoms with E-state index in [0.717, 1.165) is 24.8 Å². The fourth-order valence-corrected chi connectivity index (χ4v) is 2.63. The molecule has 0 aromatic heterocycles. The van der Waals surface area contributed by atoms with E-state index < -0.39 is 5.82 Å². The Morgan fingerprint density at radius 3 is 2.64 bits per heavy atom. The Morgan fingerprint density at radius 1 is 1.14 bits per heavy atom. The summed E-state index contributed by atoms with van der Waals surface area (Å²) in [5, 5.41) is 0. The van der Waals surface area contributed by atoms with Gasteiger partial charge in [0.25, 0.3) is 0 Å². The highest BCUT2D eigenvalue weighted by Crippen LogP contribution is 2.29. The first kappa shape index (κ1) is 14.6. The van der Waals surface area contributed by atoms with Gasteiger partial charge in [0.15, 0.2) is 17.3 Å². The molecule has 4 heteroatoms. The molecule has 0 N–H and O–H groups in total. The number of rotatable bonds is 3. The van der Waals surface area contributed by atoms with Gasteiger partial charge in [-0.2, -0.15) is 0 Å². The lowest BCUT2D eigenvalue weighted by atomic mass is 9.98. The number of ketones is 1. The second-order valence-corrected chi connectivity index (χ2v) is 5.31. The molecule has 2 aromatic carbocycles. The molecule has 3 rings (SSSR count). The van der Waals surface area contributed by atoms with E-state index in [4.69, 9.17) is 9.47 Å². The Bertz CT molecular complexity index is 692. The molecule has 0 saturated heterocycles. The monoisotopic (exact) mass is 300 g/mol. The van der Waals surface area contributed by atoms with Crippen molar-refractivity contribution < 1.29 is 18.7 Å². The molecule has 0 bridgehead atoms. The van der Waals surface area contributed by atoms with Crippen LogP contribution >= 0.6 is 0 Å². The Kier molecular flexibility index (Phi) is 4.09. The summed E-state index contributed by atoms with van der Waals surface area (Å²) < 4.78 is 24.7. The first-order valence-corrected chi connectivity index (χ1v) is 7.33. The maximum absolute atomic E-state index is 14.2. The number of carbonyl (C=O) groups is 1. The van der Waals surface area contributed by atoms with Crippen molar-refractivity contribution in [1.82, 2.24) is 0 Å². The van der Waals surface area contributed by atoms with Crippen LogP contribution in [0.1, 0.15) is 34.3 Å².